The zero-order valence-corrected chi connectivity index (χ0v) is 21.0. The summed E-state index contributed by atoms with van der Waals surface area (Å²) in [6.45, 7) is 4.84. The lowest BCUT2D eigenvalue weighted by Crippen LogP contribution is -2.19. The minimum absolute atomic E-state index is 0.0280. The number of pyridine rings is 2. The number of fused-ring (bicyclic) bond motifs is 1. The van der Waals surface area contributed by atoms with Gasteiger partial charge in [0.1, 0.15) is 35.0 Å². The van der Waals surface area contributed by atoms with Crippen LogP contribution in [0.2, 0.25) is 0 Å². The molecule has 0 bridgehead atoms. The monoisotopic (exact) mass is 499 g/mol. The maximum Gasteiger partial charge on any atom is 0.257 e. The van der Waals surface area contributed by atoms with Gasteiger partial charge in [0, 0.05) is 30.6 Å². The summed E-state index contributed by atoms with van der Waals surface area (Å²) < 4.78 is 20.1. The smallest absolute Gasteiger partial charge is 0.257 e. The number of hydrogen-bond acceptors (Lipinski definition) is 8. The molecule has 0 unspecified atom stereocenters. The van der Waals surface area contributed by atoms with E-state index in [-0.39, 0.29) is 17.1 Å². The molecule has 0 aliphatic carbocycles. The van der Waals surface area contributed by atoms with Crippen LogP contribution < -0.4 is 15.8 Å². The molecular formula is C27H26FN7O2. The first-order chi connectivity index (χ1) is 17.7. The van der Waals surface area contributed by atoms with Crippen molar-refractivity contribution in [3.05, 3.63) is 76.8 Å². The largest absolute Gasteiger partial charge is 0.492 e. The van der Waals surface area contributed by atoms with Gasteiger partial charge in [-0.15, -0.1) is 0 Å². The molecule has 0 aliphatic heterocycles. The van der Waals surface area contributed by atoms with E-state index in [4.69, 9.17) is 10.5 Å². The molecule has 9 nitrogen and oxygen atoms in total. The topological polar surface area (TPSA) is 119 Å². The summed E-state index contributed by atoms with van der Waals surface area (Å²) in [5.41, 5.74) is 9.91. The number of nitrogens with one attached hydrogen (secondary N) is 1. The van der Waals surface area contributed by atoms with E-state index in [0.29, 0.717) is 41.1 Å². The van der Waals surface area contributed by atoms with E-state index < -0.39 is 11.7 Å². The molecule has 4 rings (SSSR count). The third-order valence-corrected chi connectivity index (χ3v) is 5.48. The molecule has 1 amide bonds. The zero-order chi connectivity index (χ0) is 26.5. The van der Waals surface area contributed by atoms with Crippen molar-refractivity contribution in [1.29, 1.82) is 0 Å². The van der Waals surface area contributed by atoms with Crippen molar-refractivity contribution in [1.82, 2.24) is 24.8 Å². The second kappa shape index (κ2) is 11.0. The van der Waals surface area contributed by atoms with Crippen molar-refractivity contribution in [3.8, 4) is 17.6 Å². The lowest BCUT2D eigenvalue weighted by molar-refractivity contribution is 0.102. The fourth-order valence-corrected chi connectivity index (χ4v) is 3.33. The Hall–Kier alpha value is -4.62. The van der Waals surface area contributed by atoms with E-state index >= 15 is 0 Å². The number of carbonyl (C=O) groups excluding carboxylic acids is 1. The highest BCUT2D eigenvalue weighted by Crippen LogP contribution is 2.22. The highest BCUT2D eigenvalue weighted by Gasteiger charge is 2.12. The van der Waals surface area contributed by atoms with Crippen molar-refractivity contribution in [3.63, 3.8) is 0 Å². The van der Waals surface area contributed by atoms with Crippen LogP contribution in [0.5, 0.6) is 5.75 Å². The lowest BCUT2D eigenvalue weighted by atomic mass is 10.1. The third-order valence-electron chi connectivity index (χ3n) is 5.48. The summed E-state index contributed by atoms with van der Waals surface area (Å²) in [5.74, 6) is 5.42. The van der Waals surface area contributed by atoms with Crippen LogP contribution in [0.3, 0.4) is 0 Å². The van der Waals surface area contributed by atoms with Gasteiger partial charge < -0.3 is 20.7 Å². The second-order valence-corrected chi connectivity index (χ2v) is 8.61. The van der Waals surface area contributed by atoms with Gasteiger partial charge in [0.2, 0.25) is 0 Å². The van der Waals surface area contributed by atoms with Crippen molar-refractivity contribution in [2.24, 2.45) is 0 Å². The summed E-state index contributed by atoms with van der Waals surface area (Å²) in [7, 11) is 3.84. The van der Waals surface area contributed by atoms with Crippen LogP contribution in [0, 0.1) is 31.5 Å². The third kappa shape index (κ3) is 6.15. The molecule has 0 saturated heterocycles. The highest BCUT2D eigenvalue weighted by molar-refractivity contribution is 6.04. The number of aryl methyl sites for hydroxylation is 2. The maximum absolute atomic E-state index is 14.5. The van der Waals surface area contributed by atoms with E-state index in [1.165, 1.54) is 24.5 Å². The van der Waals surface area contributed by atoms with Crippen LogP contribution in [-0.4, -0.2) is 58.0 Å². The summed E-state index contributed by atoms with van der Waals surface area (Å²) in [5, 5.41) is 2.56. The van der Waals surface area contributed by atoms with E-state index in [9.17, 15) is 9.18 Å². The molecular weight excluding hydrogens is 473 g/mol. The van der Waals surface area contributed by atoms with E-state index in [2.05, 4.69) is 37.1 Å². The van der Waals surface area contributed by atoms with Gasteiger partial charge in [-0.05, 0) is 46.1 Å². The van der Waals surface area contributed by atoms with E-state index in [1.54, 1.807) is 18.3 Å². The van der Waals surface area contributed by atoms with Gasteiger partial charge in [0.15, 0.2) is 0 Å². The Labute approximate surface area is 213 Å². The summed E-state index contributed by atoms with van der Waals surface area (Å²) in [4.78, 5) is 32.1. The molecule has 4 aromatic rings. The molecule has 3 heterocycles. The molecule has 0 aliphatic rings. The number of anilines is 2. The van der Waals surface area contributed by atoms with Crippen LogP contribution in [0.1, 0.15) is 32.9 Å². The van der Waals surface area contributed by atoms with Crippen molar-refractivity contribution in [2.75, 3.05) is 38.3 Å². The van der Waals surface area contributed by atoms with Crippen LogP contribution in [-0.2, 0) is 0 Å². The number of nitrogen functional groups attached to an aromatic ring is 1. The first-order valence-electron chi connectivity index (χ1n) is 11.5. The summed E-state index contributed by atoms with van der Waals surface area (Å²) in [6.07, 6.45) is 4.45. The van der Waals surface area contributed by atoms with E-state index in [0.717, 1.165) is 11.4 Å². The standard InChI is InChI=1S/C27H26FN7O2/c1-16-17(2)33-25-21(26(29)31-15-24(25)32-16)7-5-18-11-19(14-30-13-18)27(36)34-23-8-6-20(12-22(23)28)37-10-9-35(3)4/h6,8,11-15H,9-10H2,1-4H3,(H2,29,31)(H,34,36). The number of halogens is 1. The van der Waals surface area contributed by atoms with Crippen LogP contribution >= 0.6 is 0 Å². The average Bonchev–Trinajstić information content (AvgIpc) is 2.86. The molecule has 0 spiro atoms. The van der Waals surface area contributed by atoms with E-state index in [1.807, 2.05) is 32.8 Å². The molecule has 10 heteroatoms. The van der Waals surface area contributed by atoms with Gasteiger partial charge in [-0.3, -0.25) is 9.78 Å². The molecule has 0 saturated carbocycles. The quantitative estimate of drug-likeness (QED) is 0.388. The molecule has 1 aromatic carbocycles. The molecule has 0 fully saturated rings. The summed E-state index contributed by atoms with van der Waals surface area (Å²) in [6, 6.07) is 5.85. The lowest BCUT2D eigenvalue weighted by Gasteiger charge is -2.12. The summed E-state index contributed by atoms with van der Waals surface area (Å²) >= 11 is 0. The Morgan fingerprint density at radius 1 is 1.11 bits per heavy atom. The first-order valence-corrected chi connectivity index (χ1v) is 11.5. The van der Waals surface area contributed by atoms with Gasteiger partial charge in [-0.2, -0.15) is 0 Å². The number of ether oxygens (including phenoxy) is 1. The van der Waals surface area contributed by atoms with Gasteiger partial charge in [-0.25, -0.2) is 19.3 Å². The van der Waals surface area contributed by atoms with Crippen molar-refractivity contribution >= 4 is 28.4 Å². The number of nitrogens with two attached hydrogens (primary N) is 1. The Morgan fingerprint density at radius 3 is 2.65 bits per heavy atom. The predicted molar refractivity (Wildman–Crippen MR) is 140 cm³/mol. The fourth-order valence-electron chi connectivity index (χ4n) is 3.33. The second-order valence-electron chi connectivity index (χ2n) is 8.61. The number of likely N-dealkylation sites (N-methyl/N-ethyl adjacent to an activating group) is 1. The molecule has 3 aromatic heterocycles. The van der Waals surface area contributed by atoms with Gasteiger partial charge in [-0.1, -0.05) is 11.8 Å². The Morgan fingerprint density at radius 2 is 1.89 bits per heavy atom. The minimum Gasteiger partial charge on any atom is -0.492 e. The molecule has 0 atom stereocenters. The van der Waals surface area contributed by atoms with Gasteiger partial charge >= 0.3 is 0 Å². The molecule has 37 heavy (non-hydrogen) atoms. The number of aromatic nitrogens is 4. The van der Waals surface area contributed by atoms with Gasteiger partial charge in [0.25, 0.3) is 5.91 Å². The molecule has 188 valence electrons. The predicted octanol–water partition coefficient (Wildman–Crippen LogP) is 3.35. The highest BCUT2D eigenvalue weighted by atomic mass is 19.1. The molecule has 3 N–H and O–H groups in total. The number of nitrogens with zero attached hydrogens (tertiary/aromatic N) is 5. The van der Waals surface area contributed by atoms with Crippen LogP contribution in [0.4, 0.5) is 15.9 Å². The average molecular weight is 500 g/mol. The number of hydrogen-bond donors (Lipinski definition) is 2. The van der Waals surface area contributed by atoms with Gasteiger partial charge in [0.05, 0.1) is 34.4 Å². The normalized spacial score (nSPS) is 10.8. The number of carbonyl (C=O) groups is 1. The number of benzene rings is 1. The fraction of sp³-hybridized carbons (Fsp3) is 0.222. The number of rotatable bonds is 6. The Bertz CT molecular complexity index is 1540. The Balaban J connectivity index is 1.53. The van der Waals surface area contributed by atoms with Crippen molar-refractivity contribution < 1.29 is 13.9 Å². The van der Waals surface area contributed by atoms with Crippen LogP contribution in [0.25, 0.3) is 11.0 Å². The van der Waals surface area contributed by atoms with Crippen LogP contribution in [0.15, 0.2) is 42.9 Å². The minimum atomic E-state index is -0.606. The maximum atomic E-state index is 14.5. The molecule has 0 radical (unpaired) electrons. The number of amides is 1. The SMILES string of the molecule is Cc1nc2cnc(N)c(C#Cc3cncc(C(=O)Nc4ccc(OCCN(C)C)cc4F)c3)c2nc1C. The first kappa shape index (κ1) is 25.5. The van der Waals surface area contributed by atoms with Crippen molar-refractivity contribution in [2.45, 2.75) is 13.8 Å². The Kier molecular flexibility index (Phi) is 7.55. The zero-order valence-electron chi connectivity index (χ0n) is 21.0.